The van der Waals surface area contributed by atoms with Crippen molar-refractivity contribution < 1.29 is 14.7 Å². The van der Waals surface area contributed by atoms with Gasteiger partial charge in [0.1, 0.15) is 5.75 Å². The van der Waals surface area contributed by atoms with Gasteiger partial charge in [0.25, 0.3) is 11.8 Å². The number of aryl methyl sites for hydroxylation is 2. The summed E-state index contributed by atoms with van der Waals surface area (Å²) in [5.41, 5.74) is 5.25. The van der Waals surface area contributed by atoms with Gasteiger partial charge in [-0.25, -0.2) is 0 Å². The lowest BCUT2D eigenvalue weighted by Gasteiger charge is -2.08. The van der Waals surface area contributed by atoms with Gasteiger partial charge in [0.15, 0.2) is 0 Å². The summed E-state index contributed by atoms with van der Waals surface area (Å²) < 4.78 is 0. The Balaban J connectivity index is 2.02. The molecule has 2 rings (SSSR count). The summed E-state index contributed by atoms with van der Waals surface area (Å²) in [6.07, 6.45) is 0. The molecule has 0 aliphatic carbocycles. The molecule has 0 aliphatic heterocycles. The number of rotatable bonds is 2. The molecule has 6 heteroatoms. The van der Waals surface area contributed by atoms with Crippen LogP contribution in [-0.2, 0) is 0 Å². The van der Waals surface area contributed by atoms with E-state index in [1.807, 2.05) is 13.8 Å². The zero-order chi connectivity index (χ0) is 14.7. The lowest BCUT2D eigenvalue weighted by molar-refractivity contribution is 0.0845. The highest BCUT2D eigenvalue weighted by Crippen LogP contribution is 2.20. The first-order valence-corrected chi connectivity index (χ1v) is 6.76. The molecule has 0 spiro atoms. The van der Waals surface area contributed by atoms with E-state index < -0.39 is 5.91 Å². The molecule has 3 N–H and O–H groups in total. The van der Waals surface area contributed by atoms with Gasteiger partial charge in [0.05, 0.1) is 11.1 Å². The van der Waals surface area contributed by atoms with Crippen LogP contribution in [0.15, 0.2) is 30.3 Å². The number of amides is 2. The fourth-order valence-electron chi connectivity index (χ4n) is 1.77. The van der Waals surface area contributed by atoms with Crippen molar-refractivity contribution in [3.05, 3.63) is 51.2 Å². The molecule has 5 nitrogen and oxygen atoms in total. The molecule has 0 atom stereocenters. The Morgan fingerprint density at radius 1 is 1.05 bits per heavy atom. The van der Waals surface area contributed by atoms with Crippen molar-refractivity contribution in [3.63, 3.8) is 0 Å². The van der Waals surface area contributed by atoms with Crippen LogP contribution in [0, 0.1) is 13.8 Å². The third-order valence-corrected chi connectivity index (χ3v) is 3.69. The number of para-hydroxylation sites is 1. The smallest absolute Gasteiger partial charge is 0.273 e. The number of benzene rings is 1. The molecule has 2 aromatic rings. The maximum Gasteiger partial charge on any atom is 0.273 e. The maximum absolute atomic E-state index is 11.9. The highest BCUT2D eigenvalue weighted by molar-refractivity contribution is 7.12. The number of hydrogen-bond acceptors (Lipinski definition) is 4. The van der Waals surface area contributed by atoms with Crippen molar-refractivity contribution >= 4 is 23.2 Å². The summed E-state index contributed by atoms with van der Waals surface area (Å²) in [4.78, 5) is 25.6. The number of hydrazine groups is 1. The quantitative estimate of drug-likeness (QED) is 0.741. The third-order valence-electron chi connectivity index (χ3n) is 2.72. The number of aromatic hydroxyl groups is 1. The number of carbonyl (C=O) groups is 2. The monoisotopic (exact) mass is 290 g/mol. The largest absolute Gasteiger partial charge is 0.507 e. The second-order valence-electron chi connectivity index (χ2n) is 4.25. The van der Waals surface area contributed by atoms with Crippen molar-refractivity contribution in [2.24, 2.45) is 0 Å². The van der Waals surface area contributed by atoms with E-state index in [2.05, 4.69) is 10.9 Å². The first-order chi connectivity index (χ1) is 9.49. The van der Waals surface area contributed by atoms with E-state index in [4.69, 9.17) is 0 Å². The van der Waals surface area contributed by atoms with Gasteiger partial charge in [-0.2, -0.15) is 0 Å². The molecule has 0 bridgehead atoms. The van der Waals surface area contributed by atoms with E-state index in [-0.39, 0.29) is 17.2 Å². The Hall–Kier alpha value is -2.34. The molecular formula is C14H14N2O3S. The van der Waals surface area contributed by atoms with Crippen molar-refractivity contribution in [1.82, 2.24) is 10.9 Å². The highest BCUT2D eigenvalue weighted by Gasteiger charge is 2.14. The number of hydrogen-bond donors (Lipinski definition) is 3. The lowest BCUT2D eigenvalue weighted by Crippen LogP contribution is -2.41. The number of phenolic OH excluding ortho intramolecular Hbond substituents is 1. The van der Waals surface area contributed by atoms with Crippen LogP contribution in [0.25, 0.3) is 0 Å². The molecule has 20 heavy (non-hydrogen) atoms. The first kappa shape index (κ1) is 14.1. The zero-order valence-corrected chi connectivity index (χ0v) is 11.9. The summed E-state index contributed by atoms with van der Waals surface area (Å²) in [5.74, 6) is -1.08. The van der Waals surface area contributed by atoms with E-state index in [0.717, 1.165) is 9.75 Å². The molecule has 2 amide bonds. The minimum Gasteiger partial charge on any atom is -0.507 e. The molecule has 0 saturated heterocycles. The van der Waals surface area contributed by atoms with E-state index >= 15 is 0 Å². The summed E-state index contributed by atoms with van der Waals surface area (Å²) in [5, 5.41) is 9.54. The van der Waals surface area contributed by atoms with Crippen LogP contribution in [0.2, 0.25) is 0 Å². The number of phenols is 1. The number of nitrogens with one attached hydrogen (secondary N) is 2. The summed E-state index contributed by atoms with van der Waals surface area (Å²) in [6, 6.07) is 7.88. The molecule has 0 radical (unpaired) electrons. The first-order valence-electron chi connectivity index (χ1n) is 5.94. The van der Waals surface area contributed by atoms with Gasteiger partial charge < -0.3 is 5.11 Å². The number of carbonyl (C=O) groups excluding carboxylic acids is 2. The van der Waals surface area contributed by atoms with Crippen LogP contribution < -0.4 is 10.9 Å². The average molecular weight is 290 g/mol. The molecule has 0 saturated carbocycles. The van der Waals surface area contributed by atoms with Gasteiger partial charge in [0, 0.05) is 9.75 Å². The molecule has 0 aliphatic rings. The normalized spacial score (nSPS) is 10.1. The third kappa shape index (κ3) is 2.97. The van der Waals surface area contributed by atoms with Gasteiger partial charge in [-0.05, 0) is 32.0 Å². The molecular weight excluding hydrogens is 276 g/mol. The predicted octanol–water partition coefficient (Wildman–Crippen LogP) is 2.15. The van der Waals surface area contributed by atoms with E-state index in [1.54, 1.807) is 18.2 Å². The average Bonchev–Trinajstić information content (AvgIpc) is 2.75. The van der Waals surface area contributed by atoms with Gasteiger partial charge in [0.2, 0.25) is 0 Å². The van der Waals surface area contributed by atoms with Crippen LogP contribution >= 0.6 is 11.3 Å². The van der Waals surface area contributed by atoms with Crippen LogP contribution in [0.5, 0.6) is 5.75 Å². The Kier molecular flexibility index (Phi) is 4.05. The summed E-state index contributed by atoms with van der Waals surface area (Å²) >= 11 is 1.52. The van der Waals surface area contributed by atoms with Crippen LogP contribution in [0.3, 0.4) is 0 Å². The molecule has 1 heterocycles. The molecule has 1 aromatic heterocycles. The Morgan fingerprint density at radius 3 is 2.20 bits per heavy atom. The highest BCUT2D eigenvalue weighted by atomic mass is 32.1. The van der Waals surface area contributed by atoms with Gasteiger partial charge in [-0.15, -0.1) is 11.3 Å². The topological polar surface area (TPSA) is 78.4 Å². The second kappa shape index (κ2) is 5.75. The lowest BCUT2D eigenvalue weighted by atomic mass is 10.2. The summed E-state index contributed by atoms with van der Waals surface area (Å²) in [7, 11) is 0. The predicted molar refractivity (Wildman–Crippen MR) is 76.8 cm³/mol. The second-order valence-corrected chi connectivity index (χ2v) is 5.71. The van der Waals surface area contributed by atoms with Crippen LogP contribution in [0.1, 0.15) is 30.5 Å². The molecule has 1 aromatic carbocycles. The van der Waals surface area contributed by atoms with Gasteiger partial charge in [-0.3, -0.25) is 20.4 Å². The van der Waals surface area contributed by atoms with Crippen molar-refractivity contribution in [2.45, 2.75) is 13.8 Å². The van der Waals surface area contributed by atoms with Gasteiger partial charge >= 0.3 is 0 Å². The molecule has 0 fully saturated rings. The minimum atomic E-state index is -0.568. The van der Waals surface area contributed by atoms with Crippen molar-refractivity contribution in [2.75, 3.05) is 0 Å². The summed E-state index contributed by atoms with van der Waals surface area (Å²) in [6.45, 7) is 3.76. The Morgan fingerprint density at radius 2 is 1.65 bits per heavy atom. The maximum atomic E-state index is 11.9. The molecule has 104 valence electrons. The molecule has 0 unspecified atom stereocenters. The SMILES string of the molecule is Cc1cc(C(=O)NNC(=O)c2ccccc2O)c(C)s1. The van der Waals surface area contributed by atoms with E-state index in [1.165, 1.54) is 23.5 Å². The van der Waals surface area contributed by atoms with Gasteiger partial charge in [-0.1, -0.05) is 12.1 Å². The minimum absolute atomic E-state index is 0.103. The van der Waals surface area contributed by atoms with E-state index in [0.29, 0.717) is 5.56 Å². The fraction of sp³-hybridized carbons (Fsp3) is 0.143. The van der Waals surface area contributed by atoms with Crippen LogP contribution in [-0.4, -0.2) is 16.9 Å². The van der Waals surface area contributed by atoms with Crippen molar-refractivity contribution in [1.29, 1.82) is 0 Å². The number of thiophene rings is 1. The van der Waals surface area contributed by atoms with Crippen LogP contribution in [0.4, 0.5) is 0 Å². The zero-order valence-electron chi connectivity index (χ0n) is 11.1. The Bertz CT molecular complexity index is 664. The van der Waals surface area contributed by atoms with Crippen molar-refractivity contribution in [3.8, 4) is 5.75 Å². The van der Waals surface area contributed by atoms with E-state index in [9.17, 15) is 14.7 Å². The fourth-order valence-corrected chi connectivity index (χ4v) is 2.69. The standard InChI is InChI=1S/C14H14N2O3S/c1-8-7-11(9(2)20-8)14(19)16-15-13(18)10-5-3-4-6-12(10)17/h3-7,17H,1-2H3,(H,15,18)(H,16,19). The Labute approximate surface area is 120 Å².